The van der Waals surface area contributed by atoms with E-state index >= 15 is 0 Å². The summed E-state index contributed by atoms with van der Waals surface area (Å²) < 4.78 is 1.71. The van der Waals surface area contributed by atoms with E-state index in [9.17, 15) is 10.1 Å². The average molecular weight is 278 g/mol. The summed E-state index contributed by atoms with van der Waals surface area (Å²) in [6.07, 6.45) is 5.36. The van der Waals surface area contributed by atoms with Crippen molar-refractivity contribution in [3.05, 3.63) is 15.8 Å². The highest BCUT2D eigenvalue weighted by molar-refractivity contribution is 5.59. The summed E-state index contributed by atoms with van der Waals surface area (Å²) in [6.45, 7) is 5.15. The molecule has 0 aliphatic heterocycles. The van der Waals surface area contributed by atoms with E-state index in [0.29, 0.717) is 24.0 Å². The predicted octanol–water partition coefficient (Wildman–Crippen LogP) is 2.97. The number of fused-ring (bicyclic) bond motifs is 2. The van der Waals surface area contributed by atoms with Crippen molar-refractivity contribution in [2.24, 2.45) is 17.8 Å². The molecule has 1 heterocycles. The molecule has 3 atom stereocenters. The Hall–Kier alpha value is -1.59. The van der Waals surface area contributed by atoms with Crippen LogP contribution in [0.25, 0.3) is 0 Å². The SMILES string of the molecule is CCn1nc(C)c([N+](=O)[O-])c1NCC1CC2CCC1C2. The van der Waals surface area contributed by atoms with Crippen LogP contribution < -0.4 is 5.32 Å². The Morgan fingerprint density at radius 1 is 1.45 bits per heavy atom. The summed E-state index contributed by atoms with van der Waals surface area (Å²) >= 11 is 0. The monoisotopic (exact) mass is 278 g/mol. The van der Waals surface area contributed by atoms with Crippen LogP contribution in [0.15, 0.2) is 0 Å². The molecule has 20 heavy (non-hydrogen) atoms. The lowest BCUT2D eigenvalue weighted by Gasteiger charge is -2.22. The van der Waals surface area contributed by atoms with Gasteiger partial charge in [0.05, 0.1) is 4.92 Å². The maximum atomic E-state index is 11.2. The Bertz CT molecular complexity index is 525. The second-order valence-electron chi connectivity index (χ2n) is 6.17. The summed E-state index contributed by atoms with van der Waals surface area (Å²) in [5, 5.41) is 18.8. The van der Waals surface area contributed by atoms with Crippen molar-refractivity contribution in [1.82, 2.24) is 9.78 Å². The molecule has 3 rings (SSSR count). The first-order valence-electron chi connectivity index (χ1n) is 7.55. The zero-order chi connectivity index (χ0) is 14.3. The Kier molecular flexibility index (Phi) is 3.40. The van der Waals surface area contributed by atoms with Crippen LogP contribution in [0.5, 0.6) is 0 Å². The lowest BCUT2D eigenvalue weighted by atomic mass is 9.89. The van der Waals surface area contributed by atoms with Gasteiger partial charge in [-0.1, -0.05) is 6.42 Å². The highest BCUT2D eigenvalue weighted by Gasteiger charge is 2.39. The number of anilines is 1. The highest BCUT2D eigenvalue weighted by Crippen LogP contribution is 2.48. The fourth-order valence-electron chi connectivity index (χ4n) is 4.05. The minimum Gasteiger partial charge on any atom is -0.364 e. The number of aryl methyl sites for hydroxylation is 2. The van der Waals surface area contributed by atoms with Gasteiger partial charge in [-0.2, -0.15) is 5.10 Å². The Balaban J connectivity index is 1.74. The predicted molar refractivity (Wildman–Crippen MR) is 76.7 cm³/mol. The van der Waals surface area contributed by atoms with Crippen molar-refractivity contribution in [3.63, 3.8) is 0 Å². The molecule has 3 unspecified atom stereocenters. The molecule has 0 saturated heterocycles. The molecule has 6 heteroatoms. The zero-order valence-corrected chi connectivity index (χ0v) is 12.1. The zero-order valence-electron chi connectivity index (χ0n) is 12.1. The van der Waals surface area contributed by atoms with Crippen molar-refractivity contribution in [2.75, 3.05) is 11.9 Å². The van der Waals surface area contributed by atoms with Crippen molar-refractivity contribution in [2.45, 2.75) is 46.1 Å². The molecule has 0 radical (unpaired) electrons. The van der Waals surface area contributed by atoms with Gasteiger partial charge in [0.15, 0.2) is 0 Å². The minimum atomic E-state index is -0.322. The fourth-order valence-corrected chi connectivity index (χ4v) is 4.05. The standard InChI is InChI=1S/C14H22N4O2/c1-3-17-14(13(18(19)20)9(2)16-17)15-8-12-7-10-4-5-11(12)6-10/h10-12,15H,3-8H2,1-2H3. The van der Waals surface area contributed by atoms with E-state index < -0.39 is 0 Å². The van der Waals surface area contributed by atoms with E-state index in [1.165, 1.54) is 25.7 Å². The molecule has 110 valence electrons. The lowest BCUT2D eigenvalue weighted by Crippen LogP contribution is -2.21. The largest absolute Gasteiger partial charge is 0.364 e. The first-order chi connectivity index (χ1) is 9.60. The maximum absolute atomic E-state index is 11.2. The molecule has 1 aromatic rings. The van der Waals surface area contributed by atoms with Crippen LogP contribution in [-0.4, -0.2) is 21.2 Å². The fraction of sp³-hybridized carbons (Fsp3) is 0.786. The Morgan fingerprint density at radius 2 is 2.25 bits per heavy atom. The molecule has 1 N–H and O–H groups in total. The molecule has 2 saturated carbocycles. The third-order valence-corrected chi connectivity index (χ3v) is 4.99. The third kappa shape index (κ3) is 2.17. The number of hydrogen-bond acceptors (Lipinski definition) is 4. The molecule has 2 bridgehead atoms. The first kappa shape index (κ1) is 13.4. The van der Waals surface area contributed by atoms with Gasteiger partial charge in [-0.15, -0.1) is 0 Å². The number of nitrogens with one attached hydrogen (secondary N) is 1. The molecule has 2 aliphatic rings. The number of nitro groups is 1. The van der Waals surface area contributed by atoms with Gasteiger partial charge in [0.25, 0.3) is 0 Å². The quantitative estimate of drug-likeness (QED) is 0.664. The van der Waals surface area contributed by atoms with Crippen molar-refractivity contribution < 1.29 is 4.92 Å². The number of rotatable bonds is 5. The maximum Gasteiger partial charge on any atom is 0.333 e. The minimum absolute atomic E-state index is 0.134. The first-order valence-corrected chi connectivity index (χ1v) is 7.55. The molecule has 0 spiro atoms. The van der Waals surface area contributed by atoms with Gasteiger partial charge in [-0.3, -0.25) is 10.1 Å². The van der Waals surface area contributed by atoms with Gasteiger partial charge in [0.2, 0.25) is 5.82 Å². The van der Waals surface area contributed by atoms with Crippen LogP contribution in [0, 0.1) is 34.8 Å². The van der Waals surface area contributed by atoms with Gasteiger partial charge in [-0.05, 0) is 50.9 Å². The van der Waals surface area contributed by atoms with Gasteiger partial charge in [-0.25, -0.2) is 4.68 Å². The summed E-state index contributed by atoms with van der Waals surface area (Å²) in [6, 6.07) is 0. The Morgan fingerprint density at radius 3 is 2.80 bits per heavy atom. The number of hydrogen-bond donors (Lipinski definition) is 1. The van der Waals surface area contributed by atoms with E-state index in [1.807, 2.05) is 6.92 Å². The van der Waals surface area contributed by atoms with Gasteiger partial charge >= 0.3 is 5.69 Å². The van der Waals surface area contributed by atoms with E-state index in [0.717, 1.165) is 18.4 Å². The average Bonchev–Trinajstić information content (AvgIpc) is 3.08. The van der Waals surface area contributed by atoms with Gasteiger partial charge < -0.3 is 5.32 Å². The second kappa shape index (κ2) is 5.07. The molecular formula is C14H22N4O2. The highest BCUT2D eigenvalue weighted by atomic mass is 16.6. The molecule has 0 aromatic carbocycles. The molecule has 0 amide bonds. The van der Waals surface area contributed by atoms with E-state index in [1.54, 1.807) is 11.6 Å². The second-order valence-corrected chi connectivity index (χ2v) is 6.17. The van der Waals surface area contributed by atoms with Crippen LogP contribution in [0.4, 0.5) is 11.5 Å². The number of nitrogens with zero attached hydrogens (tertiary/aromatic N) is 3. The topological polar surface area (TPSA) is 73.0 Å². The third-order valence-electron chi connectivity index (χ3n) is 4.99. The van der Waals surface area contributed by atoms with Crippen molar-refractivity contribution in [1.29, 1.82) is 0 Å². The van der Waals surface area contributed by atoms with Crippen LogP contribution in [0.3, 0.4) is 0 Å². The van der Waals surface area contributed by atoms with E-state index in [-0.39, 0.29) is 10.6 Å². The summed E-state index contributed by atoms with van der Waals surface area (Å²) in [4.78, 5) is 10.9. The van der Waals surface area contributed by atoms with Crippen LogP contribution in [0.2, 0.25) is 0 Å². The number of aromatic nitrogens is 2. The molecule has 1 aromatic heterocycles. The molecular weight excluding hydrogens is 256 g/mol. The molecule has 2 fully saturated rings. The van der Waals surface area contributed by atoms with Gasteiger partial charge in [0, 0.05) is 13.1 Å². The summed E-state index contributed by atoms with van der Waals surface area (Å²) in [5.74, 6) is 2.98. The molecule has 2 aliphatic carbocycles. The lowest BCUT2D eigenvalue weighted by molar-refractivity contribution is -0.384. The van der Waals surface area contributed by atoms with Crippen molar-refractivity contribution in [3.8, 4) is 0 Å². The van der Waals surface area contributed by atoms with Crippen LogP contribution in [0.1, 0.15) is 38.3 Å². The van der Waals surface area contributed by atoms with Crippen molar-refractivity contribution >= 4 is 11.5 Å². The van der Waals surface area contributed by atoms with Crippen LogP contribution >= 0.6 is 0 Å². The van der Waals surface area contributed by atoms with Crippen LogP contribution in [-0.2, 0) is 6.54 Å². The van der Waals surface area contributed by atoms with E-state index in [4.69, 9.17) is 0 Å². The summed E-state index contributed by atoms with van der Waals surface area (Å²) in [7, 11) is 0. The summed E-state index contributed by atoms with van der Waals surface area (Å²) in [5.41, 5.74) is 0.627. The van der Waals surface area contributed by atoms with Gasteiger partial charge in [0.1, 0.15) is 5.69 Å². The smallest absolute Gasteiger partial charge is 0.333 e. The Labute approximate surface area is 118 Å². The molecule has 6 nitrogen and oxygen atoms in total. The van der Waals surface area contributed by atoms with E-state index in [2.05, 4.69) is 10.4 Å². The normalized spacial score (nSPS) is 28.0.